The van der Waals surface area contributed by atoms with Crippen LogP contribution in [0.5, 0.6) is 5.75 Å². The maximum Gasteiger partial charge on any atom is 0.301 e. The number of aliphatic hydroxyl groups excluding tert-OH is 1. The summed E-state index contributed by atoms with van der Waals surface area (Å²) >= 11 is 1.12. The molecule has 1 fully saturated rings. The van der Waals surface area contributed by atoms with Crippen molar-refractivity contribution in [1.29, 1.82) is 0 Å². The maximum absolute atomic E-state index is 13.2. The molecule has 0 aliphatic carbocycles. The number of nitrogens with zero attached hydrogens (tertiary/aromatic N) is 4. The van der Waals surface area contributed by atoms with Crippen LogP contribution >= 0.6 is 11.3 Å². The number of ketones is 1. The molecule has 2 aliphatic rings. The Kier molecular flexibility index (Phi) is 5.13. The molecule has 3 aromatic rings. The van der Waals surface area contributed by atoms with Crippen molar-refractivity contribution in [2.75, 3.05) is 4.90 Å². The number of nitro groups is 1. The maximum atomic E-state index is 13.2. The molecule has 1 saturated heterocycles. The van der Waals surface area contributed by atoms with E-state index in [9.17, 15) is 24.8 Å². The summed E-state index contributed by atoms with van der Waals surface area (Å²) in [6.07, 6.45) is 0.652. The Morgan fingerprint density at radius 1 is 1.21 bits per heavy atom. The number of aromatic nitrogens is 2. The number of nitro benzene ring substituents is 1. The van der Waals surface area contributed by atoms with Crippen molar-refractivity contribution >= 4 is 39.6 Å². The predicted molar refractivity (Wildman–Crippen MR) is 123 cm³/mol. The monoisotopic (exact) mass is 478 g/mol. The van der Waals surface area contributed by atoms with Gasteiger partial charge in [-0.1, -0.05) is 11.3 Å². The highest BCUT2D eigenvalue weighted by Gasteiger charge is 2.48. The van der Waals surface area contributed by atoms with Gasteiger partial charge in [0.1, 0.15) is 22.6 Å². The van der Waals surface area contributed by atoms with Gasteiger partial charge < -0.3 is 9.84 Å². The number of Topliss-reactive ketones (excluding diaryl/α,β-unsaturated/α-hetero) is 1. The minimum Gasteiger partial charge on any atom is -0.507 e. The molecule has 172 valence electrons. The molecular formula is C23H18N4O6S. The topological polar surface area (TPSA) is 136 Å². The summed E-state index contributed by atoms with van der Waals surface area (Å²) in [5.41, 5.74) is 1.41. The highest BCUT2D eigenvalue weighted by molar-refractivity contribution is 7.15. The number of hydrogen-bond acceptors (Lipinski definition) is 9. The average Bonchev–Trinajstić information content (AvgIpc) is 3.48. The van der Waals surface area contributed by atoms with Crippen molar-refractivity contribution in [2.45, 2.75) is 32.4 Å². The van der Waals surface area contributed by atoms with Gasteiger partial charge in [-0.3, -0.25) is 24.6 Å². The molecule has 2 aliphatic heterocycles. The number of aryl methyl sites for hydroxylation is 1. The van der Waals surface area contributed by atoms with Crippen molar-refractivity contribution < 1.29 is 24.4 Å². The van der Waals surface area contributed by atoms with Crippen LogP contribution < -0.4 is 9.64 Å². The quantitative estimate of drug-likeness (QED) is 0.197. The minimum atomic E-state index is -1.03. The first-order valence-corrected chi connectivity index (χ1v) is 11.2. The van der Waals surface area contributed by atoms with E-state index in [1.165, 1.54) is 29.2 Å². The summed E-state index contributed by atoms with van der Waals surface area (Å²) in [5.74, 6) is -1.37. The number of ether oxygens (including phenoxy) is 1. The molecule has 2 atom stereocenters. The van der Waals surface area contributed by atoms with E-state index in [-0.39, 0.29) is 28.3 Å². The van der Waals surface area contributed by atoms with Crippen LogP contribution in [0, 0.1) is 17.0 Å². The van der Waals surface area contributed by atoms with Crippen LogP contribution in [-0.2, 0) is 16.0 Å². The van der Waals surface area contributed by atoms with E-state index in [2.05, 4.69) is 10.2 Å². The third-order valence-corrected chi connectivity index (χ3v) is 6.59. The lowest BCUT2D eigenvalue weighted by Gasteiger charge is -2.22. The van der Waals surface area contributed by atoms with E-state index in [1.807, 2.05) is 6.92 Å². The fraction of sp³-hybridized carbons (Fsp3) is 0.217. The molecule has 2 aromatic carbocycles. The lowest BCUT2D eigenvalue weighted by atomic mass is 9.94. The van der Waals surface area contributed by atoms with Crippen LogP contribution in [0.25, 0.3) is 5.76 Å². The SMILES string of the molecule is Cc1nnc(N2C(=O)C(=O)C(=C(O)c3ccc4c(c3)CC(C)O4)C2c2ccc([N+](=O)[O-])cc2)s1. The summed E-state index contributed by atoms with van der Waals surface area (Å²) in [5, 5.41) is 31.1. The first-order chi connectivity index (χ1) is 16.2. The zero-order valence-corrected chi connectivity index (χ0v) is 18.9. The molecular weight excluding hydrogens is 460 g/mol. The fourth-order valence-electron chi connectivity index (χ4n) is 4.23. The smallest absolute Gasteiger partial charge is 0.301 e. The van der Waals surface area contributed by atoms with Crippen LogP contribution in [0.15, 0.2) is 48.0 Å². The Balaban J connectivity index is 1.67. The Morgan fingerprint density at radius 3 is 2.59 bits per heavy atom. The highest BCUT2D eigenvalue weighted by Crippen LogP contribution is 2.43. The standard InChI is InChI=1S/C23H18N4O6S/c1-11-9-15-10-14(5-8-17(15)33-11)20(28)18-19(13-3-6-16(7-4-13)27(31)32)26(22(30)21(18)29)23-25-24-12(2)34-23/h3-8,10-11,19,28H,9H2,1-2H3. The normalized spacial score (nSPS) is 20.9. The van der Waals surface area contributed by atoms with E-state index < -0.39 is 22.7 Å². The molecule has 5 rings (SSSR count). The number of carbonyl (C=O) groups is 2. The molecule has 11 heteroatoms. The zero-order chi connectivity index (χ0) is 24.1. The summed E-state index contributed by atoms with van der Waals surface area (Å²) in [7, 11) is 0. The van der Waals surface area contributed by atoms with Gasteiger partial charge in [0.2, 0.25) is 5.13 Å². The third-order valence-electron chi connectivity index (χ3n) is 5.75. The second-order valence-corrected chi connectivity index (χ2v) is 9.24. The van der Waals surface area contributed by atoms with Gasteiger partial charge in [-0.25, -0.2) is 0 Å². The van der Waals surface area contributed by atoms with Crippen LogP contribution in [-0.4, -0.2) is 38.0 Å². The van der Waals surface area contributed by atoms with Gasteiger partial charge in [0.25, 0.3) is 11.5 Å². The van der Waals surface area contributed by atoms with Gasteiger partial charge in [-0.2, -0.15) is 0 Å². The van der Waals surface area contributed by atoms with Crippen LogP contribution in [0.2, 0.25) is 0 Å². The molecule has 0 saturated carbocycles. The van der Waals surface area contributed by atoms with Crippen molar-refractivity contribution in [3.8, 4) is 5.75 Å². The highest BCUT2D eigenvalue weighted by atomic mass is 32.1. The molecule has 3 heterocycles. The number of non-ortho nitro benzene ring substituents is 1. The second-order valence-electron chi connectivity index (χ2n) is 8.08. The zero-order valence-electron chi connectivity index (χ0n) is 18.1. The molecule has 34 heavy (non-hydrogen) atoms. The Labute approximate surface area is 197 Å². The lowest BCUT2D eigenvalue weighted by molar-refractivity contribution is -0.384. The number of benzene rings is 2. The summed E-state index contributed by atoms with van der Waals surface area (Å²) in [4.78, 5) is 38.0. The van der Waals surface area contributed by atoms with Crippen LogP contribution in [0.1, 0.15) is 34.7 Å². The van der Waals surface area contributed by atoms with Gasteiger partial charge in [0, 0.05) is 24.1 Å². The van der Waals surface area contributed by atoms with Gasteiger partial charge in [-0.15, -0.1) is 10.2 Å². The minimum absolute atomic E-state index is 0.00118. The number of amides is 1. The molecule has 0 spiro atoms. The molecule has 0 radical (unpaired) electrons. The number of hydrogen-bond donors (Lipinski definition) is 1. The summed E-state index contributed by atoms with van der Waals surface area (Å²) in [6, 6.07) is 9.55. The number of fused-ring (bicyclic) bond motifs is 1. The Morgan fingerprint density at radius 2 is 1.94 bits per heavy atom. The van der Waals surface area contributed by atoms with E-state index >= 15 is 0 Å². The van der Waals surface area contributed by atoms with Gasteiger partial charge >= 0.3 is 5.91 Å². The van der Waals surface area contributed by atoms with E-state index in [0.717, 1.165) is 16.9 Å². The number of anilines is 1. The second kappa shape index (κ2) is 8.03. The molecule has 1 aromatic heterocycles. The molecule has 2 unspecified atom stereocenters. The average molecular weight is 478 g/mol. The number of rotatable bonds is 4. The van der Waals surface area contributed by atoms with Crippen molar-refractivity contribution in [3.63, 3.8) is 0 Å². The third kappa shape index (κ3) is 3.50. The molecule has 10 nitrogen and oxygen atoms in total. The predicted octanol–water partition coefficient (Wildman–Crippen LogP) is 3.70. The molecule has 1 amide bonds. The first kappa shape index (κ1) is 21.7. The largest absolute Gasteiger partial charge is 0.507 e. The first-order valence-electron chi connectivity index (χ1n) is 10.4. The van der Waals surface area contributed by atoms with Crippen molar-refractivity contribution in [1.82, 2.24) is 10.2 Å². The lowest BCUT2D eigenvalue weighted by Crippen LogP contribution is -2.29. The summed E-state index contributed by atoms with van der Waals surface area (Å²) in [6.45, 7) is 3.65. The van der Waals surface area contributed by atoms with Crippen molar-refractivity contribution in [2.24, 2.45) is 0 Å². The van der Waals surface area contributed by atoms with E-state index in [1.54, 1.807) is 25.1 Å². The van der Waals surface area contributed by atoms with E-state index in [4.69, 9.17) is 4.74 Å². The number of aliphatic hydroxyl groups is 1. The van der Waals surface area contributed by atoms with Crippen LogP contribution in [0.4, 0.5) is 10.8 Å². The molecule has 1 N–H and O–H groups in total. The Bertz CT molecular complexity index is 1380. The molecule has 0 bridgehead atoms. The van der Waals surface area contributed by atoms with Gasteiger partial charge in [0.05, 0.1) is 16.5 Å². The number of carbonyl (C=O) groups excluding carboxylic acids is 2. The Hall–Kier alpha value is -4.12. The van der Waals surface area contributed by atoms with Gasteiger partial charge in [0.15, 0.2) is 0 Å². The van der Waals surface area contributed by atoms with Crippen molar-refractivity contribution in [3.05, 3.63) is 79.8 Å². The van der Waals surface area contributed by atoms with Gasteiger partial charge in [-0.05, 0) is 55.3 Å². The summed E-state index contributed by atoms with van der Waals surface area (Å²) < 4.78 is 5.71. The fourth-order valence-corrected chi connectivity index (χ4v) is 4.95. The van der Waals surface area contributed by atoms with E-state index in [0.29, 0.717) is 28.3 Å². The van der Waals surface area contributed by atoms with Crippen LogP contribution in [0.3, 0.4) is 0 Å².